The van der Waals surface area contributed by atoms with Gasteiger partial charge in [-0.3, -0.25) is 19.2 Å². The van der Waals surface area contributed by atoms with Gasteiger partial charge in [-0.2, -0.15) is 0 Å². The first kappa shape index (κ1) is 12.4. The number of hydrogen-bond acceptors (Lipinski definition) is 4. The maximum absolute atomic E-state index is 10.8. The van der Waals surface area contributed by atoms with Gasteiger partial charge in [0, 0.05) is 32.6 Å². The summed E-state index contributed by atoms with van der Waals surface area (Å²) in [5.74, 6) is -0.213. The molecule has 0 aliphatic carbocycles. The molecule has 0 radical (unpaired) electrons. The Morgan fingerprint density at radius 2 is 2.00 bits per heavy atom. The van der Waals surface area contributed by atoms with Crippen LogP contribution in [0.1, 0.15) is 19.0 Å². The van der Waals surface area contributed by atoms with E-state index in [1.165, 1.54) is 11.9 Å². The van der Waals surface area contributed by atoms with Gasteiger partial charge in [-0.1, -0.05) is 12.1 Å². The average Bonchev–Trinajstić information content (AvgIpc) is 2.68. The summed E-state index contributed by atoms with van der Waals surface area (Å²) < 4.78 is 1.68. The Morgan fingerprint density at radius 1 is 1.38 bits per heavy atom. The second kappa shape index (κ2) is 4.87. The molecule has 2 rings (SSSR count). The molecule has 1 atom stereocenters. The minimum Gasteiger partial charge on any atom is -0.286 e. The van der Waals surface area contributed by atoms with Gasteiger partial charge in [-0.25, -0.2) is 0 Å². The first-order valence-corrected chi connectivity index (χ1v) is 5.05. The number of carbonyl (C=O) groups is 2. The zero-order chi connectivity index (χ0) is 12.3. The molecule has 1 aromatic heterocycles. The fourth-order valence-electron chi connectivity index (χ4n) is 1.40. The third kappa shape index (κ3) is 2.88. The fraction of sp³-hybridized carbons (Fsp3) is 0.600. The summed E-state index contributed by atoms with van der Waals surface area (Å²) in [6, 6.07) is 0. The minimum atomic E-state index is -0.0949. The Morgan fingerprint density at radius 3 is 2.12 bits per heavy atom. The van der Waals surface area contributed by atoms with Crippen LogP contribution in [0.25, 0.3) is 0 Å². The Balaban J connectivity index is 0.000000165. The van der Waals surface area contributed by atoms with Gasteiger partial charge in [0.2, 0.25) is 11.8 Å². The lowest BCUT2D eigenvalue weighted by Crippen LogP contribution is -2.24. The molecule has 16 heavy (non-hydrogen) atoms. The summed E-state index contributed by atoms with van der Waals surface area (Å²) in [6.07, 6.45) is 2.25. The third-order valence-electron chi connectivity index (χ3n) is 2.32. The quantitative estimate of drug-likeness (QED) is 0.588. The second-order valence-corrected chi connectivity index (χ2v) is 3.93. The molecule has 0 saturated carbocycles. The molecule has 1 fully saturated rings. The molecule has 1 aromatic rings. The van der Waals surface area contributed by atoms with Gasteiger partial charge in [-0.15, -0.1) is 5.10 Å². The monoisotopic (exact) mass is 224 g/mol. The van der Waals surface area contributed by atoms with Gasteiger partial charge in [0.25, 0.3) is 0 Å². The lowest BCUT2D eigenvalue weighted by atomic mass is 10.1. The van der Waals surface area contributed by atoms with Gasteiger partial charge in [0.05, 0.1) is 5.69 Å². The van der Waals surface area contributed by atoms with Crippen molar-refractivity contribution in [3.8, 4) is 0 Å². The highest BCUT2D eigenvalue weighted by molar-refractivity contribution is 6.02. The lowest BCUT2D eigenvalue weighted by Gasteiger charge is -2.03. The van der Waals surface area contributed by atoms with E-state index in [0.717, 1.165) is 5.69 Å². The molecule has 1 saturated heterocycles. The van der Waals surface area contributed by atoms with E-state index in [2.05, 4.69) is 10.3 Å². The van der Waals surface area contributed by atoms with Crippen LogP contribution < -0.4 is 0 Å². The van der Waals surface area contributed by atoms with E-state index in [0.29, 0.717) is 6.42 Å². The number of imide groups is 1. The predicted octanol–water partition coefficient (Wildman–Crippen LogP) is 0.135. The van der Waals surface area contributed by atoms with Crippen LogP contribution in [0.4, 0.5) is 0 Å². The number of amides is 2. The third-order valence-corrected chi connectivity index (χ3v) is 2.32. The molecular formula is C10H16N4O2. The fourth-order valence-corrected chi connectivity index (χ4v) is 1.40. The highest BCUT2D eigenvalue weighted by atomic mass is 16.2. The van der Waals surface area contributed by atoms with Crippen molar-refractivity contribution in [3.05, 3.63) is 11.9 Å². The van der Waals surface area contributed by atoms with Crippen LogP contribution >= 0.6 is 0 Å². The van der Waals surface area contributed by atoms with Crippen molar-refractivity contribution in [2.75, 3.05) is 7.05 Å². The van der Waals surface area contributed by atoms with Gasteiger partial charge >= 0.3 is 0 Å². The van der Waals surface area contributed by atoms with Gasteiger partial charge in [0.15, 0.2) is 0 Å². The maximum Gasteiger partial charge on any atom is 0.232 e. The molecule has 1 aliphatic heterocycles. The molecule has 1 unspecified atom stereocenters. The van der Waals surface area contributed by atoms with Crippen molar-refractivity contribution in [2.45, 2.75) is 20.3 Å². The van der Waals surface area contributed by atoms with E-state index in [4.69, 9.17) is 0 Å². The van der Waals surface area contributed by atoms with E-state index in [1.54, 1.807) is 11.6 Å². The van der Waals surface area contributed by atoms with Crippen molar-refractivity contribution < 1.29 is 9.59 Å². The largest absolute Gasteiger partial charge is 0.286 e. The zero-order valence-corrected chi connectivity index (χ0v) is 9.97. The standard InChI is InChI=1S/C6H9NO2.C4H7N3/c1-4-3-5(8)7(2)6(4)9;1-4-3-7(2)6-5-4/h4H,3H2,1-2H3;3H,1-2H3. The van der Waals surface area contributed by atoms with Crippen molar-refractivity contribution in [1.29, 1.82) is 0 Å². The summed E-state index contributed by atoms with van der Waals surface area (Å²) in [5, 5.41) is 7.41. The molecule has 88 valence electrons. The topological polar surface area (TPSA) is 68.1 Å². The average molecular weight is 224 g/mol. The van der Waals surface area contributed by atoms with Crippen molar-refractivity contribution in [3.63, 3.8) is 0 Å². The van der Waals surface area contributed by atoms with E-state index in [1.807, 2.05) is 20.2 Å². The number of likely N-dealkylation sites (tertiary alicyclic amines) is 1. The number of rotatable bonds is 0. The van der Waals surface area contributed by atoms with Gasteiger partial charge in [0.1, 0.15) is 0 Å². The van der Waals surface area contributed by atoms with Crippen molar-refractivity contribution in [2.24, 2.45) is 13.0 Å². The number of hydrogen-bond donors (Lipinski definition) is 0. The highest BCUT2D eigenvalue weighted by Crippen LogP contribution is 2.15. The number of carbonyl (C=O) groups excluding carboxylic acids is 2. The van der Waals surface area contributed by atoms with E-state index in [-0.39, 0.29) is 17.7 Å². The summed E-state index contributed by atoms with van der Waals surface area (Å²) in [5.41, 5.74) is 0.961. The Kier molecular flexibility index (Phi) is 3.76. The van der Waals surface area contributed by atoms with Crippen molar-refractivity contribution in [1.82, 2.24) is 19.9 Å². The van der Waals surface area contributed by atoms with Crippen molar-refractivity contribution >= 4 is 11.8 Å². The van der Waals surface area contributed by atoms with E-state index < -0.39 is 0 Å². The molecule has 0 spiro atoms. The first-order valence-electron chi connectivity index (χ1n) is 5.05. The molecule has 6 nitrogen and oxygen atoms in total. The van der Waals surface area contributed by atoms with E-state index >= 15 is 0 Å². The van der Waals surface area contributed by atoms with Crippen LogP contribution in [0, 0.1) is 12.8 Å². The van der Waals surface area contributed by atoms with Crippen LogP contribution in [0.5, 0.6) is 0 Å². The van der Waals surface area contributed by atoms with Gasteiger partial charge in [-0.05, 0) is 6.92 Å². The smallest absolute Gasteiger partial charge is 0.232 e. The molecule has 0 bridgehead atoms. The Hall–Kier alpha value is -1.72. The summed E-state index contributed by atoms with van der Waals surface area (Å²) >= 11 is 0. The van der Waals surface area contributed by atoms with E-state index in [9.17, 15) is 9.59 Å². The van der Waals surface area contributed by atoms with Crippen LogP contribution in [-0.4, -0.2) is 38.8 Å². The maximum atomic E-state index is 10.8. The van der Waals surface area contributed by atoms with Crippen LogP contribution in [-0.2, 0) is 16.6 Å². The Bertz CT molecular complexity index is 383. The predicted molar refractivity (Wildman–Crippen MR) is 57.3 cm³/mol. The van der Waals surface area contributed by atoms with Crippen LogP contribution in [0.3, 0.4) is 0 Å². The number of aromatic nitrogens is 3. The van der Waals surface area contributed by atoms with Crippen LogP contribution in [0.2, 0.25) is 0 Å². The minimum absolute atomic E-state index is 0.0556. The molecule has 0 aromatic carbocycles. The number of aryl methyl sites for hydroxylation is 2. The molecule has 2 heterocycles. The highest BCUT2D eigenvalue weighted by Gasteiger charge is 2.32. The summed E-state index contributed by atoms with van der Waals surface area (Å²) in [4.78, 5) is 22.7. The Labute approximate surface area is 94.2 Å². The number of nitrogens with zero attached hydrogens (tertiary/aromatic N) is 4. The summed E-state index contributed by atoms with van der Waals surface area (Å²) in [7, 11) is 3.37. The first-order chi connectivity index (χ1) is 7.41. The molecular weight excluding hydrogens is 208 g/mol. The SMILES string of the molecule is CC1CC(=O)N(C)C1=O.Cc1cn(C)nn1. The molecule has 6 heteroatoms. The summed E-state index contributed by atoms with van der Waals surface area (Å²) in [6.45, 7) is 3.68. The second-order valence-electron chi connectivity index (χ2n) is 3.93. The zero-order valence-electron chi connectivity index (χ0n) is 9.97. The molecule has 1 aliphatic rings. The van der Waals surface area contributed by atoms with Gasteiger partial charge < -0.3 is 0 Å². The lowest BCUT2D eigenvalue weighted by molar-refractivity contribution is -0.137. The molecule has 2 amide bonds. The van der Waals surface area contributed by atoms with Crippen LogP contribution in [0.15, 0.2) is 6.20 Å². The normalized spacial score (nSPS) is 19.8. The molecule has 0 N–H and O–H groups in total.